The maximum absolute atomic E-state index is 12.1. The molecule has 0 amide bonds. The van der Waals surface area contributed by atoms with Gasteiger partial charge in [-0.2, -0.15) is 5.26 Å². The van der Waals surface area contributed by atoms with E-state index >= 15 is 0 Å². The van der Waals surface area contributed by atoms with Crippen molar-refractivity contribution in [3.63, 3.8) is 0 Å². The molecule has 20 heavy (non-hydrogen) atoms. The minimum absolute atomic E-state index is 0.200. The number of nitrogens with two attached hydrogens (primary N) is 1. The van der Waals surface area contributed by atoms with E-state index in [1.807, 2.05) is 6.07 Å². The van der Waals surface area contributed by atoms with Gasteiger partial charge in [-0.25, -0.2) is 4.79 Å². The van der Waals surface area contributed by atoms with Crippen LogP contribution in [0.4, 0.5) is 0 Å². The van der Waals surface area contributed by atoms with Gasteiger partial charge in [-0.1, -0.05) is 12.1 Å². The monoisotopic (exact) mass is 270 g/mol. The Bertz CT molecular complexity index is 750. The van der Waals surface area contributed by atoms with E-state index in [0.717, 1.165) is 10.1 Å². The van der Waals surface area contributed by atoms with Gasteiger partial charge in [0.15, 0.2) is 0 Å². The van der Waals surface area contributed by atoms with Crippen molar-refractivity contribution in [3.8, 4) is 6.07 Å². The van der Waals surface area contributed by atoms with E-state index in [1.54, 1.807) is 24.3 Å². The molecule has 6 heteroatoms. The minimum Gasteiger partial charge on any atom is -0.329 e. The summed E-state index contributed by atoms with van der Waals surface area (Å²) in [5, 5.41) is 8.73. The normalized spacial score (nSPS) is 10.2. The summed E-state index contributed by atoms with van der Waals surface area (Å²) in [4.78, 5) is 23.7. The number of hydrogen-bond acceptors (Lipinski definition) is 4. The number of rotatable bonds is 4. The van der Waals surface area contributed by atoms with Crippen LogP contribution >= 0.6 is 0 Å². The molecule has 1 aromatic heterocycles. The van der Waals surface area contributed by atoms with Crippen LogP contribution in [0.2, 0.25) is 0 Å². The fraction of sp³-hybridized carbons (Fsp3) is 0.214. The van der Waals surface area contributed by atoms with Gasteiger partial charge in [-0.3, -0.25) is 13.9 Å². The largest absolute Gasteiger partial charge is 0.331 e. The third-order valence-corrected chi connectivity index (χ3v) is 2.93. The highest BCUT2D eigenvalue weighted by Gasteiger charge is 2.05. The van der Waals surface area contributed by atoms with Gasteiger partial charge in [0.05, 0.1) is 18.2 Å². The highest BCUT2D eigenvalue weighted by atomic mass is 16.2. The third kappa shape index (κ3) is 2.84. The highest BCUT2D eigenvalue weighted by Crippen LogP contribution is 2.04. The van der Waals surface area contributed by atoms with Gasteiger partial charge in [-0.15, -0.1) is 0 Å². The second-order valence-electron chi connectivity index (χ2n) is 4.31. The maximum atomic E-state index is 12.1. The first-order valence-corrected chi connectivity index (χ1v) is 6.15. The van der Waals surface area contributed by atoms with Gasteiger partial charge < -0.3 is 5.73 Å². The average molecular weight is 270 g/mol. The summed E-state index contributed by atoms with van der Waals surface area (Å²) in [7, 11) is 0. The van der Waals surface area contributed by atoms with Crippen LogP contribution in [0.15, 0.2) is 46.1 Å². The molecule has 2 N–H and O–H groups in total. The molecule has 0 bridgehead atoms. The van der Waals surface area contributed by atoms with Gasteiger partial charge in [0.2, 0.25) is 0 Å². The third-order valence-electron chi connectivity index (χ3n) is 2.93. The Morgan fingerprint density at radius 3 is 2.45 bits per heavy atom. The molecule has 0 spiro atoms. The van der Waals surface area contributed by atoms with Crippen molar-refractivity contribution in [2.75, 3.05) is 6.54 Å². The molecule has 2 aromatic rings. The predicted molar refractivity (Wildman–Crippen MR) is 74.3 cm³/mol. The van der Waals surface area contributed by atoms with Crippen molar-refractivity contribution >= 4 is 0 Å². The highest BCUT2D eigenvalue weighted by molar-refractivity contribution is 5.31. The second-order valence-corrected chi connectivity index (χ2v) is 4.31. The SMILES string of the molecule is N#Cc1ccc(Cn2ccc(=O)n(CCN)c2=O)cc1. The van der Waals surface area contributed by atoms with Crippen LogP contribution in [0.3, 0.4) is 0 Å². The Hall–Kier alpha value is -2.65. The molecule has 0 saturated heterocycles. The predicted octanol–water partition coefficient (Wildman–Crippen LogP) is -0.111. The van der Waals surface area contributed by atoms with Crippen LogP contribution in [-0.4, -0.2) is 15.7 Å². The van der Waals surface area contributed by atoms with E-state index in [4.69, 9.17) is 11.0 Å². The maximum Gasteiger partial charge on any atom is 0.331 e. The number of benzene rings is 1. The molecular weight excluding hydrogens is 256 g/mol. The summed E-state index contributed by atoms with van der Waals surface area (Å²) >= 11 is 0. The van der Waals surface area contributed by atoms with Crippen LogP contribution in [0, 0.1) is 11.3 Å². The lowest BCUT2D eigenvalue weighted by Gasteiger charge is -2.09. The Kier molecular flexibility index (Phi) is 4.13. The molecule has 2 rings (SSSR count). The van der Waals surface area contributed by atoms with E-state index in [-0.39, 0.29) is 24.3 Å². The minimum atomic E-state index is -0.382. The smallest absolute Gasteiger partial charge is 0.329 e. The van der Waals surface area contributed by atoms with E-state index in [9.17, 15) is 9.59 Å². The number of hydrogen-bond donors (Lipinski definition) is 1. The molecule has 0 unspecified atom stereocenters. The van der Waals surface area contributed by atoms with Crippen molar-refractivity contribution in [2.45, 2.75) is 13.1 Å². The molecule has 0 aliphatic carbocycles. The summed E-state index contributed by atoms with van der Waals surface area (Å²) in [6, 6.07) is 10.3. The second kappa shape index (κ2) is 5.99. The van der Waals surface area contributed by atoms with Crippen molar-refractivity contribution in [2.24, 2.45) is 5.73 Å². The average Bonchev–Trinajstić information content (AvgIpc) is 2.47. The lowest BCUT2D eigenvalue weighted by molar-refractivity contribution is 0.579. The van der Waals surface area contributed by atoms with E-state index in [2.05, 4.69) is 0 Å². The molecule has 6 nitrogen and oxygen atoms in total. The zero-order valence-electron chi connectivity index (χ0n) is 10.8. The fourth-order valence-corrected chi connectivity index (χ4v) is 1.89. The van der Waals surface area contributed by atoms with Crippen LogP contribution in [0.25, 0.3) is 0 Å². The quantitative estimate of drug-likeness (QED) is 0.838. The molecule has 0 fully saturated rings. The summed E-state index contributed by atoms with van der Waals surface area (Å²) in [6.07, 6.45) is 1.47. The van der Waals surface area contributed by atoms with Crippen LogP contribution in [-0.2, 0) is 13.1 Å². The Balaban J connectivity index is 2.34. The van der Waals surface area contributed by atoms with E-state index in [0.29, 0.717) is 12.1 Å². The van der Waals surface area contributed by atoms with Gasteiger partial charge in [0.1, 0.15) is 0 Å². The van der Waals surface area contributed by atoms with Gasteiger partial charge in [0.25, 0.3) is 5.56 Å². The van der Waals surface area contributed by atoms with Crippen LogP contribution in [0.5, 0.6) is 0 Å². The van der Waals surface area contributed by atoms with E-state index < -0.39 is 0 Å². The first-order valence-electron chi connectivity index (χ1n) is 6.15. The molecule has 0 radical (unpaired) electrons. The van der Waals surface area contributed by atoms with Crippen molar-refractivity contribution in [1.29, 1.82) is 5.26 Å². The molecule has 0 aliphatic rings. The first-order chi connectivity index (χ1) is 9.65. The molecule has 0 saturated carbocycles. The summed E-state index contributed by atoms with van der Waals surface area (Å²) in [5.41, 5.74) is 6.10. The fourth-order valence-electron chi connectivity index (χ4n) is 1.89. The van der Waals surface area contributed by atoms with Gasteiger partial charge >= 0.3 is 5.69 Å². The summed E-state index contributed by atoms with van der Waals surface area (Å²) in [6.45, 7) is 0.775. The molecule has 1 heterocycles. The van der Waals surface area contributed by atoms with Gasteiger partial charge in [0, 0.05) is 25.4 Å². The topological polar surface area (TPSA) is 93.8 Å². The van der Waals surface area contributed by atoms with Crippen molar-refractivity contribution in [3.05, 3.63) is 68.5 Å². The number of nitrogens with zero attached hydrogens (tertiary/aromatic N) is 3. The van der Waals surface area contributed by atoms with E-state index in [1.165, 1.54) is 16.8 Å². The zero-order chi connectivity index (χ0) is 14.5. The molecular formula is C14H14N4O2. The van der Waals surface area contributed by atoms with Crippen molar-refractivity contribution in [1.82, 2.24) is 9.13 Å². The van der Waals surface area contributed by atoms with Gasteiger partial charge in [-0.05, 0) is 17.7 Å². The standard InChI is InChI=1S/C14H14N4O2/c15-6-8-18-13(19)5-7-17(14(18)20)10-12-3-1-11(9-16)2-4-12/h1-5,7H,6,8,10,15H2. The Morgan fingerprint density at radius 2 is 1.85 bits per heavy atom. The summed E-state index contributed by atoms with van der Waals surface area (Å²) in [5.74, 6) is 0. The lowest BCUT2D eigenvalue weighted by Crippen LogP contribution is -2.40. The molecule has 102 valence electrons. The number of nitriles is 1. The zero-order valence-corrected chi connectivity index (χ0v) is 10.8. The lowest BCUT2D eigenvalue weighted by atomic mass is 10.1. The van der Waals surface area contributed by atoms with Crippen molar-refractivity contribution < 1.29 is 0 Å². The molecule has 1 aromatic carbocycles. The molecule has 0 aliphatic heterocycles. The van der Waals surface area contributed by atoms with Crippen LogP contribution in [0.1, 0.15) is 11.1 Å². The Labute approximate surface area is 115 Å². The first kappa shape index (κ1) is 13.8. The Morgan fingerprint density at radius 1 is 1.15 bits per heavy atom. The summed E-state index contributed by atoms with van der Waals surface area (Å²) < 4.78 is 2.56. The molecule has 0 atom stereocenters. The van der Waals surface area contributed by atoms with Crippen LogP contribution < -0.4 is 17.0 Å². The number of aromatic nitrogens is 2.